The molecule has 0 saturated carbocycles. The molecule has 0 spiro atoms. The van der Waals surface area contributed by atoms with Gasteiger partial charge in [-0.2, -0.15) is 4.31 Å². The van der Waals surface area contributed by atoms with Crippen molar-refractivity contribution in [3.05, 3.63) is 30.3 Å². The van der Waals surface area contributed by atoms with Crippen LogP contribution >= 0.6 is 0 Å². The van der Waals surface area contributed by atoms with Crippen molar-refractivity contribution in [3.8, 4) is 0 Å². The molecule has 1 heterocycles. The molecule has 0 atom stereocenters. The number of piperidine rings is 1. The molecule has 0 bridgehead atoms. The maximum atomic E-state index is 12.6. The Balaban J connectivity index is 1.76. The molecule has 0 unspecified atom stereocenters. The van der Waals surface area contributed by atoms with Gasteiger partial charge in [0.25, 0.3) is 0 Å². The highest BCUT2D eigenvalue weighted by molar-refractivity contribution is 7.89. The summed E-state index contributed by atoms with van der Waals surface area (Å²) < 4.78 is 31.9. The third kappa shape index (κ3) is 5.96. The summed E-state index contributed by atoms with van der Waals surface area (Å²) in [6.07, 6.45) is 2.62. The van der Waals surface area contributed by atoms with E-state index in [9.17, 15) is 8.42 Å². The van der Waals surface area contributed by atoms with Gasteiger partial charge in [-0.25, -0.2) is 8.42 Å². The maximum Gasteiger partial charge on any atom is 0.243 e. The number of methoxy groups -OCH3 is 1. The summed E-state index contributed by atoms with van der Waals surface area (Å²) in [7, 11) is 0.0687. The van der Waals surface area contributed by atoms with Crippen LogP contribution in [0.3, 0.4) is 0 Å². The first-order valence-electron chi connectivity index (χ1n) is 9.06. The Morgan fingerprint density at radius 1 is 1.23 bits per heavy atom. The first kappa shape index (κ1) is 20.7. The van der Waals surface area contributed by atoms with Crippen LogP contribution in [0.15, 0.2) is 40.2 Å². The van der Waals surface area contributed by atoms with Gasteiger partial charge in [-0.05, 0) is 37.3 Å². The Hall–Kier alpha value is -1.64. The van der Waals surface area contributed by atoms with Gasteiger partial charge in [0, 0.05) is 46.9 Å². The summed E-state index contributed by atoms with van der Waals surface area (Å²) in [4.78, 5) is 4.58. The van der Waals surface area contributed by atoms with Crippen LogP contribution in [0.25, 0.3) is 0 Å². The molecule has 1 aliphatic heterocycles. The van der Waals surface area contributed by atoms with E-state index < -0.39 is 10.0 Å². The van der Waals surface area contributed by atoms with Gasteiger partial charge in [-0.15, -0.1) is 0 Å². The van der Waals surface area contributed by atoms with Gasteiger partial charge in [0.2, 0.25) is 10.0 Å². The van der Waals surface area contributed by atoms with Crippen LogP contribution in [0.1, 0.15) is 19.3 Å². The topological polar surface area (TPSA) is 83.0 Å². The molecule has 8 heteroatoms. The summed E-state index contributed by atoms with van der Waals surface area (Å²) in [5.74, 6) is 1.22. The maximum absolute atomic E-state index is 12.6. The number of guanidine groups is 1. The second kappa shape index (κ2) is 10.5. The predicted molar refractivity (Wildman–Crippen MR) is 104 cm³/mol. The normalized spacial score (nSPS) is 17.2. The molecule has 0 aliphatic carbocycles. The van der Waals surface area contributed by atoms with Gasteiger partial charge in [0.05, 0.1) is 4.90 Å². The molecule has 1 saturated heterocycles. The molecule has 0 radical (unpaired) electrons. The van der Waals surface area contributed by atoms with E-state index in [1.54, 1.807) is 42.7 Å². The first-order valence-corrected chi connectivity index (χ1v) is 10.5. The molecule has 1 aromatic carbocycles. The second-order valence-corrected chi connectivity index (χ2v) is 8.32. The van der Waals surface area contributed by atoms with Crippen LogP contribution in [0.5, 0.6) is 0 Å². The van der Waals surface area contributed by atoms with E-state index in [1.165, 1.54) is 0 Å². The van der Waals surface area contributed by atoms with Crippen molar-refractivity contribution in [3.63, 3.8) is 0 Å². The second-order valence-electron chi connectivity index (χ2n) is 6.39. The van der Waals surface area contributed by atoms with Crippen molar-refractivity contribution in [2.24, 2.45) is 10.9 Å². The fourth-order valence-corrected chi connectivity index (χ4v) is 4.47. The molecule has 0 aromatic heterocycles. The van der Waals surface area contributed by atoms with Crippen molar-refractivity contribution < 1.29 is 13.2 Å². The predicted octanol–water partition coefficient (Wildman–Crippen LogP) is 1.29. The lowest BCUT2D eigenvalue weighted by atomic mass is 9.98. The molecule has 26 heavy (non-hydrogen) atoms. The number of nitrogens with one attached hydrogen (secondary N) is 2. The van der Waals surface area contributed by atoms with E-state index in [0.717, 1.165) is 44.9 Å². The SMILES string of the molecule is CN=C(NCCCOC)NCC1CCN(S(=O)(=O)c2ccccc2)CC1. The minimum absolute atomic E-state index is 0.372. The van der Waals surface area contributed by atoms with Crippen molar-refractivity contribution in [2.75, 3.05) is 46.9 Å². The van der Waals surface area contributed by atoms with Crippen LogP contribution < -0.4 is 10.6 Å². The number of aliphatic imine (C=N–C) groups is 1. The molecular formula is C18H30N4O3S. The zero-order valence-corrected chi connectivity index (χ0v) is 16.5. The number of ether oxygens (including phenoxy) is 1. The van der Waals surface area contributed by atoms with E-state index in [0.29, 0.717) is 23.9 Å². The Morgan fingerprint density at radius 3 is 2.54 bits per heavy atom. The van der Waals surface area contributed by atoms with E-state index in [4.69, 9.17) is 4.74 Å². The molecule has 1 fully saturated rings. The lowest BCUT2D eigenvalue weighted by molar-refractivity contribution is 0.195. The third-order valence-corrected chi connectivity index (χ3v) is 6.47. The van der Waals surface area contributed by atoms with Crippen LogP contribution in [0.4, 0.5) is 0 Å². The Morgan fingerprint density at radius 2 is 1.92 bits per heavy atom. The van der Waals surface area contributed by atoms with Gasteiger partial charge < -0.3 is 15.4 Å². The van der Waals surface area contributed by atoms with Crippen molar-refractivity contribution in [1.82, 2.24) is 14.9 Å². The lowest BCUT2D eigenvalue weighted by Crippen LogP contribution is -2.44. The highest BCUT2D eigenvalue weighted by Crippen LogP contribution is 2.23. The number of nitrogens with zero attached hydrogens (tertiary/aromatic N) is 2. The summed E-state index contributed by atoms with van der Waals surface area (Å²) in [6.45, 7) is 3.44. The van der Waals surface area contributed by atoms with Crippen molar-refractivity contribution in [1.29, 1.82) is 0 Å². The number of benzene rings is 1. The largest absolute Gasteiger partial charge is 0.385 e. The Kier molecular flexibility index (Phi) is 8.34. The Labute approximate surface area is 156 Å². The fraction of sp³-hybridized carbons (Fsp3) is 0.611. The van der Waals surface area contributed by atoms with Crippen LogP contribution in [-0.2, 0) is 14.8 Å². The molecule has 7 nitrogen and oxygen atoms in total. The average Bonchev–Trinajstić information content (AvgIpc) is 2.68. The molecule has 0 amide bonds. The minimum atomic E-state index is -3.37. The van der Waals surface area contributed by atoms with Crippen molar-refractivity contribution in [2.45, 2.75) is 24.2 Å². The minimum Gasteiger partial charge on any atom is -0.385 e. The first-order chi connectivity index (χ1) is 12.6. The zero-order chi connectivity index (χ0) is 18.8. The quantitative estimate of drug-likeness (QED) is 0.402. The van der Waals surface area contributed by atoms with Gasteiger partial charge >= 0.3 is 0 Å². The van der Waals surface area contributed by atoms with E-state index in [1.807, 2.05) is 6.07 Å². The highest BCUT2D eigenvalue weighted by Gasteiger charge is 2.29. The smallest absolute Gasteiger partial charge is 0.243 e. The van der Waals surface area contributed by atoms with Crippen LogP contribution in [0.2, 0.25) is 0 Å². The number of sulfonamides is 1. The van der Waals surface area contributed by atoms with Crippen molar-refractivity contribution >= 4 is 16.0 Å². The summed E-state index contributed by atoms with van der Waals surface area (Å²) in [5, 5.41) is 6.58. The standard InChI is InChI=1S/C18H30N4O3S/c1-19-18(20-11-6-14-25-2)21-15-16-9-12-22(13-10-16)26(23,24)17-7-4-3-5-8-17/h3-5,7-8,16H,6,9-15H2,1-2H3,(H2,19,20,21). The average molecular weight is 383 g/mol. The number of hydrogen-bond acceptors (Lipinski definition) is 4. The van der Waals surface area contributed by atoms with E-state index in [-0.39, 0.29) is 0 Å². The summed E-state index contributed by atoms with van der Waals surface area (Å²) in [6, 6.07) is 8.65. The van der Waals surface area contributed by atoms with Gasteiger partial charge in [-0.3, -0.25) is 4.99 Å². The monoisotopic (exact) mass is 382 g/mol. The number of rotatable bonds is 8. The molecule has 1 aromatic rings. The van der Waals surface area contributed by atoms with Crippen LogP contribution in [-0.4, -0.2) is 65.6 Å². The molecule has 1 aliphatic rings. The molecule has 2 N–H and O–H groups in total. The number of hydrogen-bond donors (Lipinski definition) is 2. The fourth-order valence-electron chi connectivity index (χ4n) is 2.98. The zero-order valence-electron chi connectivity index (χ0n) is 15.6. The molecular weight excluding hydrogens is 352 g/mol. The Bertz CT molecular complexity index is 656. The third-order valence-electron chi connectivity index (χ3n) is 4.55. The lowest BCUT2D eigenvalue weighted by Gasteiger charge is -2.31. The van der Waals surface area contributed by atoms with E-state index >= 15 is 0 Å². The van der Waals surface area contributed by atoms with Gasteiger partial charge in [0.15, 0.2) is 5.96 Å². The molecule has 2 rings (SSSR count). The summed E-state index contributed by atoms with van der Waals surface area (Å²) >= 11 is 0. The molecule has 146 valence electrons. The van der Waals surface area contributed by atoms with Crippen LogP contribution in [0, 0.1) is 5.92 Å². The highest BCUT2D eigenvalue weighted by atomic mass is 32.2. The van der Waals surface area contributed by atoms with Gasteiger partial charge in [-0.1, -0.05) is 18.2 Å². The van der Waals surface area contributed by atoms with Gasteiger partial charge in [0.1, 0.15) is 0 Å². The summed E-state index contributed by atoms with van der Waals surface area (Å²) in [5.41, 5.74) is 0. The van der Waals surface area contributed by atoms with E-state index in [2.05, 4.69) is 15.6 Å².